The molecule has 284 valence electrons. The molecule has 0 aliphatic carbocycles. The van der Waals surface area contributed by atoms with Crippen LogP contribution in [0.4, 0.5) is 0 Å². The van der Waals surface area contributed by atoms with Crippen LogP contribution >= 0.6 is 0 Å². The van der Waals surface area contributed by atoms with Crippen LogP contribution in [0.25, 0.3) is 0 Å². The topological polar surface area (TPSA) is 285 Å². The number of aromatic hydroxyl groups is 1. The molecule has 13 N–H and O–H groups in total. The van der Waals surface area contributed by atoms with Crippen molar-refractivity contribution in [2.24, 2.45) is 28.1 Å². The Hall–Kier alpha value is -4.93. The van der Waals surface area contributed by atoms with Crippen LogP contribution in [0.3, 0.4) is 0 Å². The van der Waals surface area contributed by atoms with E-state index in [0.29, 0.717) is 43.8 Å². The Labute approximate surface area is 299 Å². The molecule has 0 spiro atoms. The zero-order valence-electron chi connectivity index (χ0n) is 29.7. The van der Waals surface area contributed by atoms with E-state index in [2.05, 4.69) is 50.7 Å². The summed E-state index contributed by atoms with van der Waals surface area (Å²) in [6, 6.07) is 1.11. The van der Waals surface area contributed by atoms with Crippen LogP contribution in [0.2, 0.25) is 0 Å². The molecular formula is C34H56N10O7. The number of rotatable bonds is 17. The number of phenolic OH excluding ortho intramolecular Hbond substituents is 1. The molecule has 1 aliphatic heterocycles. The minimum Gasteiger partial charge on any atom is -0.508 e. The molecule has 1 aliphatic rings. The van der Waals surface area contributed by atoms with Crippen molar-refractivity contribution in [1.29, 1.82) is 0 Å². The van der Waals surface area contributed by atoms with E-state index < -0.39 is 72.6 Å². The number of guanidine groups is 1. The number of nitrogens with one attached hydrogen (secondary N) is 6. The summed E-state index contributed by atoms with van der Waals surface area (Å²) in [5, 5.41) is 25.6. The van der Waals surface area contributed by atoms with Crippen LogP contribution in [-0.2, 0) is 35.2 Å². The molecule has 0 bridgehead atoms. The number of nitrogens with zero attached hydrogens (tertiary/aromatic N) is 1. The van der Waals surface area contributed by atoms with E-state index in [1.165, 1.54) is 12.1 Å². The van der Waals surface area contributed by atoms with E-state index in [1.807, 2.05) is 0 Å². The van der Waals surface area contributed by atoms with Crippen molar-refractivity contribution in [3.8, 4) is 5.75 Å². The Morgan fingerprint density at radius 2 is 1.43 bits per heavy atom. The van der Waals surface area contributed by atoms with Gasteiger partial charge in [-0.15, -0.1) is 0 Å². The number of aliphatic imine (C=N–C) groups is 1. The molecule has 17 nitrogen and oxygen atoms in total. The SMILES string of the molecule is CC(C)CCCCNC(=O)C[C@@H]1NC(=O)CNC(=O)[C@H](CCCN=C(N)N)NC(=O)[C@H](CCCCN)NC(=O)C(Cc2ccc(O)cc2)NC1=O. The molecule has 6 amide bonds. The van der Waals surface area contributed by atoms with Gasteiger partial charge in [-0.25, -0.2) is 0 Å². The summed E-state index contributed by atoms with van der Waals surface area (Å²) in [6.07, 6.45) is 3.77. The Kier molecular flexibility index (Phi) is 18.8. The van der Waals surface area contributed by atoms with Crippen molar-refractivity contribution in [1.82, 2.24) is 31.9 Å². The highest BCUT2D eigenvalue weighted by atomic mass is 16.3. The fourth-order valence-corrected chi connectivity index (χ4v) is 5.34. The number of hydrogen-bond donors (Lipinski definition) is 10. The standard InChI is InChI=1S/C34H56N10O7/c1-21(2)8-4-6-16-38-28(46)19-27-33(51)44-26(18-22-11-13-23(45)14-12-22)32(50)43-25(9-3-5-15-35)31(49)42-24(10-7-17-39-34(36)37)30(48)40-20-29(47)41-27/h11-14,21,24-27,45H,3-10,15-20,35H2,1-2H3,(H,38,46)(H,40,48)(H,41,47)(H,42,49)(H,43,50)(H,44,51)(H4,36,37,39)/t24-,25-,26?,27-/m0/s1. The summed E-state index contributed by atoms with van der Waals surface area (Å²) in [7, 11) is 0. The van der Waals surface area contributed by atoms with Crippen LogP contribution in [0.5, 0.6) is 5.75 Å². The summed E-state index contributed by atoms with van der Waals surface area (Å²) in [5.74, 6) is -3.74. The molecule has 2 rings (SSSR count). The summed E-state index contributed by atoms with van der Waals surface area (Å²) in [5.41, 5.74) is 17.1. The van der Waals surface area contributed by atoms with Gasteiger partial charge in [-0.05, 0) is 68.7 Å². The molecule has 4 atom stereocenters. The smallest absolute Gasteiger partial charge is 0.243 e. The lowest BCUT2D eigenvalue weighted by atomic mass is 10.0. The Bertz CT molecular complexity index is 1330. The number of nitrogens with two attached hydrogens (primary N) is 3. The molecule has 1 aromatic carbocycles. The monoisotopic (exact) mass is 716 g/mol. The van der Waals surface area contributed by atoms with E-state index in [4.69, 9.17) is 17.2 Å². The van der Waals surface area contributed by atoms with Gasteiger partial charge in [0, 0.05) is 19.5 Å². The van der Waals surface area contributed by atoms with E-state index in [9.17, 15) is 33.9 Å². The van der Waals surface area contributed by atoms with Gasteiger partial charge in [0.1, 0.15) is 29.9 Å². The third-order valence-corrected chi connectivity index (χ3v) is 8.16. The maximum atomic E-state index is 13.9. The van der Waals surface area contributed by atoms with Crippen LogP contribution in [0.15, 0.2) is 29.3 Å². The molecule has 1 saturated heterocycles. The number of amides is 6. The number of unbranched alkanes of at least 4 members (excludes halogenated alkanes) is 2. The van der Waals surface area contributed by atoms with E-state index in [1.54, 1.807) is 12.1 Å². The minimum atomic E-state index is -1.40. The molecule has 0 saturated carbocycles. The first-order chi connectivity index (χ1) is 24.3. The molecule has 1 unspecified atom stereocenters. The predicted molar refractivity (Wildman–Crippen MR) is 192 cm³/mol. The van der Waals surface area contributed by atoms with Gasteiger partial charge >= 0.3 is 0 Å². The molecule has 17 heteroatoms. The zero-order chi connectivity index (χ0) is 37.8. The van der Waals surface area contributed by atoms with Crippen LogP contribution < -0.4 is 49.1 Å². The van der Waals surface area contributed by atoms with Crippen LogP contribution in [0.1, 0.15) is 77.2 Å². The zero-order valence-corrected chi connectivity index (χ0v) is 29.7. The molecule has 1 heterocycles. The second-order valence-corrected chi connectivity index (χ2v) is 13.1. The molecule has 0 aromatic heterocycles. The van der Waals surface area contributed by atoms with Gasteiger partial charge in [-0.1, -0.05) is 38.8 Å². The lowest BCUT2D eigenvalue weighted by molar-refractivity contribution is -0.134. The van der Waals surface area contributed by atoms with Gasteiger partial charge in [0.25, 0.3) is 0 Å². The van der Waals surface area contributed by atoms with E-state index >= 15 is 0 Å². The summed E-state index contributed by atoms with van der Waals surface area (Å²) < 4.78 is 0. The van der Waals surface area contributed by atoms with Crippen molar-refractivity contribution in [2.45, 2.75) is 102 Å². The number of phenols is 1. The quantitative estimate of drug-likeness (QED) is 0.0507. The Balaban J connectivity index is 2.42. The van der Waals surface area contributed by atoms with Crippen molar-refractivity contribution >= 4 is 41.4 Å². The third kappa shape index (κ3) is 17.0. The highest BCUT2D eigenvalue weighted by Crippen LogP contribution is 2.13. The van der Waals surface area contributed by atoms with Gasteiger partial charge in [-0.2, -0.15) is 0 Å². The third-order valence-electron chi connectivity index (χ3n) is 8.16. The summed E-state index contributed by atoms with van der Waals surface area (Å²) in [4.78, 5) is 84.3. The molecular weight excluding hydrogens is 660 g/mol. The number of carbonyl (C=O) groups excluding carboxylic acids is 6. The van der Waals surface area contributed by atoms with Gasteiger partial charge in [0.15, 0.2) is 5.96 Å². The normalized spacial score (nSPS) is 20.5. The molecule has 0 radical (unpaired) electrons. The van der Waals surface area contributed by atoms with Gasteiger partial charge in [0.2, 0.25) is 35.4 Å². The van der Waals surface area contributed by atoms with Gasteiger partial charge in [0.05, 0.1) is 13.0 Å². The second-order valence-electron chi connectivity index (χ2n) is 13.1. The summed E-state index contributed by atoms with van der Waals surface area (Å²) >= 11 is 0. The highest BCUT2D eigenvalue weighted by Gasteiger charge is 2.33. The average Bonchev–Trinajstić information content (AvgIpc) is 3.07. The number of carbonyl (C=O) groups is 6. The molecule has 51 heavy (non-hydrogen) atoms. The Morgan fingerprint density at radius 1 is 0.824 bits per heavy atom. The highest BCUT2D eigenvalue weighted by molar-refractivity contribution is 5.98. The van der Waals surface area contributed by atoms with Gasteiger partial charge in [-0.3, -0.25) is 33.8 Å². The first-order valence-electron chi connectivity index (χ1n) is 17.6. The lowest BCUT2D eigenvalue weighted by Crippen LogP contribution is -2.58. The second kappa shape index (κ2) is 22.7. The van der Waals surface area contributed by atoms with E-state index in [0.717, 1.165) is 19.3 Å². The van der Waals surface area contributed by atoms with Gasteiger partial charge < -0.3 is 54.2 Å². The molecule has 1 aromatic rings. The van der Waals surface area contributed by atoms with Crippen molar-refractivity contribution < 1.29 is 33.9 Å². The largest absolute Gasteiger partial charge is 0.508 e. The maximum Gasteiger partial charge on any atom is 0.243 e. The van der Waals surface area contributed by atoms with E-state index in [-0.39, 0.29) is 37.5 Å². The molecule has 1 fully saturated rings. The summed E-state index contributed by atoms with van der Waals surface area (Å²) in [6.45, 7) is 4.57. The first-order valence-corrected chi connectivity index (χ1v) is 17.6. The number of benzene rings is 1. The van der Waals surface area contributed by atoms with Crippen molar-refractivity contribution in [3.63, 3.8) is 0 Å². The average molecular weight is 717 g/mol. The maximum absolute atomic E-state index is 13.9. The lowest BCUT2D eigenvalue weighted by Gasteiger charge is -2.26. The Morgan fingerprint density at radius 3 is 2.08 bits per heavy atom. The minimum absolute atomic E-state index is 0.0000445. The van der Waals surface area contributed by atoms with Crippen molar-refractivity contribution in [3.05, 3.63) is 29.8 Å². The fourth-order valence-electron chi connectivity index (χ4n) is 5.34. The van der Waals surface area contributed by atoms with Crippen molar-refractivity contribution in [2.75, 3.05) is 26.2 Å². The van der Waals surface area contributed by atoms with Crippen LogP contribution in [0, 0.1) is 5.92 Å². The van der Waals surface area contributed by atoms with Crippen LogP contribution in [-0.4, -0.2) is 96.9 Å². The predicted octanol–water partition coefficient (Wildman–Crippen LogP) is -1.48. The number of hydrogen-bond acceptors (Lipinski definition) is 9. The fraction of sp³-hybridized carbons (Fsp3) is 0.618. The first kappa shape index (κ1) is 42.2.